The molecule has 1 nitrogen and oxygen atoms in total. The fraction of sp³-hybridized carbons (Fsp3) is 0.467. The van der Waals surface area contributed by atoms with Crippen LogP contribution in [0.1, 0.15) is 32.8 Å². The number of hydrogen-bond donors (Lipinski definition) is 1. The first kappa shape index (κ1) is 13.9. The largest absolute Gasteiger partial charge is 0.313 e. The van der Waals surface area contributed by atoms with Gasteiger partial charge >= 0.3 is 0 Å². The third-order valence-corrected chi connectivity index (χ3v) is 2.74. The van der Waals surface area contributed by atoms with Gasteiger partial charge in [-0.15, -0.1) is 0 Å². The Bertz CT molecular complexity index is 369. The summed E-state index contributed by atoms with van der Waals surface area (Å²) in [5.41, 5.74) is 1.91. The van der Waals surface area contributed by atoms with E-state index in [2.05, 4.69) is 26.1 Å². The molecule has 0 bridgehead atoms. The number of rotatable bonds is 6. The SMILES string of the molecule is CCCNCC(=Cc1ccccc1F)C(C)C. The van der Waals surface area contributed by atoms with E-state index in [1.54, 1.807) is 6.07 Å². The average molecular weight is 235 g/mol. The lowest BCUT2D eigenvalue weighted by Crippen LogP contribution is -2.20. The van der Waals surface area contributed by atoms with Crippen molar-refractivity contribution in [3.63, 3.8) is 0 Å². The van der Waals surface area contributed by atoms with Crippen LogP contribution in [0.25, 0.3) is 6.08 Å². The maximum absolute atomic E-state index is 13.5. The van der Waals surface area contributed by atoms with E-state index < -0.39 is 0 Å². The van der Waals surface area contributed by atoms with Crippen LogP contribution in [0.3, 0.4) is 0 Å². The van der Waals surface area contributed by atoms with Crippen molar-refractivity contribution in [3.8, 4) is 0 Å². The van der Waals surface area contributed by atoms with Crippen LogP contribution in [0.15, 0.2) is 29.8 Å². The third kappa shape index (κ3) is 4.70. The molecular weight excluding hydrogens is 213 g/mol. The summed E-state index contributed by atoms with van der Waals surface area (Å²) in [5.74, 6) is 0.278. The van der Waals surface area contributed by atoms with Crippen LogP contribution in [-0.4, -0.2) is 13.1 Å². The molecule has 1 N–H and O–H groups in total. The molecule has 0 aromatic heterocycles. The lowest BCUT2D eigenvalue weighted by molar-refractivity contribution is 0.623. The zero-order valence-corrected chi connectivity index (χ0v) is 11.0. The summed E-state index contributed by atoms with van der Waals surface area (Å²) in [5, 5.41) is 3.37. The van der Waals surface area contributed by atoms with Crippen LogP contribution in [0.5, 0.6) is 0 Å². The molecule has 0 radical (unpaired) electrons. The summed E-state index contributed by atoms with van der Waals surface area (Å²) in [6.45, 7) is 8.25. The Morgan fingerprint density at radius 3 is 2.65 bits per heavy atom. The Balaban J connectivity index is 2.79. The Morgan fingerprint density at radius 2 is 2.06 bits per heavy atom. The highest BCUT2D eigenvalue weighted by atomic mass is 19.1. The molecule has 0 saturated carbocycles. The monoisotopic (exact) mass is 235 g/mol. The summed E-state index contributed by atoms with van der Waals surface area (Å²) in [4.78, 5) is 0. The maximum atomic E-state index is 13.5. The van der Waals surface area contributed by atoms with Crippen molar-refractivity contribution in [3.05, 3.63) is 41.2 Å². The number of benzene rings is 1. The van der Waals surface area contributed by atoms with Crippen molar-refractivity contribution in [2.24, 2.45) is 5.92 Å². The van der Waals surface area contributed by atoms with Gasteiger partial charge in [0.05, 0.1) is 0 Å². The van der Waals surface area contributed by atoms with E-state index in [0.717, 1.165) is 19.5 Å². The summed E-state index contributed by atoms with van der Waals surface area (Å²) >= 11 is 0. The van der Waals surface area contributed by atoms with Gasteiger partial charge in [-0.3, -0.25) is 0 Å². The highest BCUT2D eigenvalue weighted by Crippen LogP contribution is 2.16. The van der Waals surface area contributed by atoms with Crippen LogP contribution in [-0.2, 0) is 0 Å². The Morgan fingerprint density at radius 1 is 1.35 bits per heavy atom. The quantitative estimate of drug-likeness (QED) is 0.738. The van der Waals surface area contributed by atoms with Crippen LogP contribution >= 0.6 is 0 Å². The first-order valence-electron chi connectivity index (χ1n) is 6.30. The van der Waals surface area contributed by atoms with Crippen LogP contribution < -0.4 is 5.32 Å². The van der Waals surface area contributed by atoms with Crippen LogP contribution in [0, 0.1) is 11.7 Å². The second-order valence-electron chi connectivity index (χ2n) is 4.57. The second kappa shape index (κ2) is 7.23. The lowest BCUT2D eigenvalue weighted by Gasteiger charge is -2.12. The van der Waals surface area contributed by atoms with Crippen LogP contribution in [0.2, 0.25) is 0 Å². The summed E-state index contributed by atoms with van der Waals surface area (Å²) in [6.07, 6.45) is 3.08. The van der Waals surface area contributed by atoms with Gasteiger partial charge in [0, 0.05) is 12.1 Å². The zero-order chi connectivity index (χ0) is 12.7. The molecule has 0 amide bonds. The minimum Gasteiger partial charge on any atom is -0.313 e. The minimum atomic E-state index is -0.152. The third-order valence-electron chi connectivity index (χ3n) is 2.74. The van der Waals surface area contributed by atoms with Gasteiger partial charge in [0.2, 0.25) is 0 Å². The van der Waals surface area contributed by atoms with E-state index in [1.807, 2.05) is 18.2 Å². The molecule has 94 valence electrons. The van der Waals surface area contributed by atoms with Crippen molar-refractivity contribution in [1.29, 1.82) is 0 Å². The van der Waals surface area contributed by atoms with Gasteiger partial charge in [-0.1, -0.05) is 50.6 Å². The van der Waals surface area contributed by atoms with Gasteiger partial charge in [-0.05, 0) is 24.9 Å². The Labute approximate surface area is 104 Å². The van der Waals surface area contributed by atoms with E-state index in [1.165, 1.54) is 11.6 Å². The van der Waals surface area contributed by atoms with E-state index >= 15 is 0 Å². The molecule has 0 unspecified atom stereocenters. The smallest absolute Gasteiger partial charge is 0.130 e. The van der Waals surface area contributed by atoms with E-state index in [0.29, 0.717) is 11.5 Å². The van der Waals surface area contributed by atoms with Crippen molar-refractivity contribution >= 4 is 6.08 Å². The summed E-state index contributed by atoms with van der Waals surface area (Å²) in [7, 11) is 0. The molecule has 0 heterocycles. The number of nitrogens with one attached hydrogen (secondary N) is 1. The molecule has 1 rings (SSSR count). The van der Waals surface area contributed by atoms with Crippen molar-refractivity contribution in [2.45, 2.75) is 27.2 Å². The molecule has 0 fully saturated rings. The minimum absolute atomic E-state index is 0.152. The topological polar surface area (TPSA) is 12.0 Å². The van der Waals surface area contributed by atoms with E-state index in [9.17, 15) is 4.39 Å². The first-order valence-corrected chi connectivity index (χ1v) is 6.30. The van der Waals surface area contributed by atoms with Crippen molar-refractivity contribution < 1.29 is 4.39 Å². The molecular formula is C15H22FN. The normalized spacial score (nSPS) is 12.2. The Kier molecular flexibility index (Phi) is 5.92. The summed E-state index contributed by atoms with van der Waals surface area (Å²) < 4.78 is 13.5. The molecule has 0 aliphatic carbocycles. The predicted molar refractivity (Wildman–Crippen MR) is 72.4 cm³/mol. The Hall–Kier alpha value is -1.15. The van der Waals surface area contributed by atoms with Crippen LogP contribution in [0.4, 0.5) is 4.39 Å². The van der Waals surface area contributed by atoms with Gasteiger partial charge in [0.1, 0.15) is 5.82 Å². The average Bonchev–Trinajstić information content (AvgIpc) is 2.30. The predicted octanol–water partition coefficient (Wildman–Crippen LogP) is 3.86. The molecule has 1 aromatic carbocycles. The van der Waals surface area contributed by atoms with E-state index in [-0.39, 0.29) is 5.82 Å². The highest BCUT2D eigenvalue weighted by Gasteiger charge is 2.05. The number of hydrogen-bond acceptors (Lipinski definition) is 1. The van der Waals surface area contributed by atoms with Crippen molar-refractivity contribution in [1.82, 2.24) is 5.32 Å². The van der Waals surface area contributed by atoms with Gasteiger partial charge in [0.15, 0.2) is 0 Å². The maximum Gasteiger partial charge on any atom is 0.130 e. The molecule has 0 atom stereocenters. The van der Waals surface area contributed by atoms with E-state index in [4.69, 9.17) is 0 Å². The summed E-state index contributed by atoms with van der Waals surface area (Å²) in [6, 6.07) is 6.91. The molecule has 0 spiro atoms. The standard InChI is InChI=1S/C15H22FN/c1-4-9-17-11-14(12(2)3)10-13-7-5-6-8-15(13)16/h5-8,10,12,17H,4,9,11H2,1-3H3. The number of halogens is 1. The van der Waals surface area contributed by atoms with Crippen molar-refractivity contribution in [2.75, 3.05) is 13.1 Å². The molecule has 1 aromatic rings. The molecule has 0 saturated heterocycles. The van der Waals surface area contributed by atoms with Gasteiger partial charge in [-0.2, -0.15) is 0 Å². The van der Waals surface area contributed by atoms with Gasteiger partial charge < -0.3 is 5.32 Å². The molecule has 0 aliphatic heterocycles. The first-order chi connectivity index (χ1) is 8.15. The highest BCUT2D eigenvalue weighted by molar-refractivity contribution is 5.54. The molecule has 2 heteroatoms. The van der Waals surface area contributed by atoms with Gasteiger partial charge in [0.25, 0.3) is 0 Å². The fourth-order valence-corrected chi connectivity index (χ4v) is 1.62. The lowest BCUT2D eigenvalue weighted by atomic mass is 10.00. The molecule has 17 heavy (non-hydrogen) atoms. The second-order valence-corrected chi connectivity index (χ2v) is 4.57. The van der Waals surface area contributed by atoms with Gasteiger partial charge in [-0.25, -0.2) is 4.39 Å². The zero-order valence-electron chi connectivity index (χ0n) is 11.0. The fourth-order valence-electron chi connectivity index (χ4n) is 1.62. The molecule has 0 aliphatic rings.